The van der Waals surface area contributed by atoms with Crippen molar-refractivity contribution in [2.24, 2.45) is 0 Å². The third kappa shape index (κ3) is 2.79. The molecule has 3 heterocycles. The Balaban J connectivity index is 1.54. The summed E-state index contributed by atoms with van der Waals surface area (Å²) in [7, 11) is 0. The molecule has 0 bridgehead atoms. The minimum atomic E-state index is 0.148. The fraction of sp³-hybridized carbons (Fsp3) is 0.357. The Bertz CT molecular complexity index is 546. The summed E-state index contributed by atoms with van der Waals surface area (Å²) in [5, 5.41) is 0. The molecule has 1 N–H and O–H groups in total. The van der Waals surface area contributed by atoms with Gasteiger partial charge in [-0.15, -0.1) is 0 Å². The van der Waals surface area contributed by atoms with E-state index < -0.39 is 0 Å². The predicted molar refractivity (Wildman–Crippen MR) is 75.3 cm³/mol. The summed E-state index contributed by atoms with van der Waals surface area (Å²) in [5.41, 5.74) is 0.863. The predicted octanol–water partition coefficient (Wildman–Crippen LogP) is 0.696. The van der Waals surface area contributed by atoms with E-state index in [1.807, 2.05) is 23.1 Å². The third-order valence-electron chi connectivity index (χ3n) is 3.50. The summed E-state index contributed by atoms with van der Waals surface area (Å²) in [4.78, 5) is 27.5. The molecule has 6 heteroatoms. The SMILES string of the molecule is O=C(Cc1cnc[nH]1)N1CCN(c2ccccn2)CC1. The number of nitrogens with one attached hydrogen (secondary N) is 1. The van der Waals surface area contributed by atoms with Crippen LogP contribution in [0.25, 0.3) is 0 Å². The maximum absolute atomic E-state index is 12.2. The highest BCUT2D eigenvalue weighted by molar-refractivity contribution is 5.78. The number of pyridine rings is 1. The average Bonchev–Trinajstić information content (AvgIpc) is 3.01. The summed E-state index contributed by atoms with van der Waals surface area (Å²) >= 11 is 0. The third-order valence-corrected chi connectivity index (χ3v) is 3.50. The smallest absolute Gasteiger partial charge is 0.228 e. The van der Waals surface area contributed by atoms with Crippen LogP contribution in [0.4, 0.5) is 5.82 Å². The van der Waals surface area contributed by atoms with Gasteiger partial charge in [0.25, 0.3) is 0 Å². The first kappa shape index (κ1) is 12.7. The average molecular weight is 271 g/mol. The van der Waals surface area contributed by atoms with Crippen LogP contribution in [0.3, 0.4) is 0 Å². The lowest BCUT2D eigenvalue weighted by molar-refractivity contribution is -0.130. The molecule has 1 aliphatic heterocycles. The standard InChI is InChI=1S/C14H17N5O/c20-14(9-12-10-15-11-17-12)19-7-5-18(6-8-19)13-3-1-2-4-16-13/h1-4,10-11H,5-9H2,(H,15,17). The molecule has 0 aliphatic carbocycles. The van der Waals surface area contributed by atoms with Crippen LogP contribution in [0.5, 0.6) is 0 Å². The van der Waals surface area contributed by atoms with Gasteiger partial charge in [-0.2, -0.15) is 0 Å². The Labute approximate surface area is 117 Å². The zero-order valence-electron chi connectivity index (χ0n) is 11.2. The second kappa shape index (κ2) is 5.73. The molecule has 6 nitrogen and oxygen atoms in total. The zero-order chi connectivity index (χ0) is 13.8. The summed E-state index contributed by atoms with van der Waals surface area (Å²) < 4.78 is 0. The number of nitrogens with zero attached hydrogens (tertiary/aromatic N) is 4. The molecule has 2 aromatic heterocycles. The molecular weight excluding hydrogens is 254 g/mol. The van der Waals surface area contributed by atoms with Crippen molar-refractivity contribution in [1.29, 1.82) is 0 Å². The molecule has 20 heavy (non-hydrogen) atoms. The normalized spacial score (nSPS) is 15.4. The number of aromatic nitrogens is 3. The molecule has 0 radical (unpaired) electrons. The molecule has 1 saturated heterocycles. The van der Waals surface area contributed by atoms with E-state index in [9.17, 15) is 4.79 Å². The number of rotatable bonds is 3. The quantitative estimate of drug-likeness (QED) is 0.892. The molecule has 1 amide bonds. The molecule has 1 aliphatic rings. The van der Waals surface area contributed by atoms with Gasteiger partial charge in [0.1, 0.15) is 5.82 Å². The number of carbonyl (C=O) groups excluding carboxylic acids is 1. The van der Waals surface area contributed by atoms with Gasteiger partial charge in [0.2, 0.25) is 5.91 Å². The lowest BCUT2D eigenvalue weighted by Crippen LogP contribution is -2.49. The maximum Gasteiger partial charge on any atom is 0.228 e. The monoisotopic (exact) mass is 271 g/mol. The summed E-state index contributed by atoms with van der Waals surface area (Å²) in [6, 6.07) is 5.90. The highest BCUT2D eigenvalue weighted by Crippen LogP contribution is 2.13. The highest BCUT2D eigenvalue weighted by atomic mass is 16.2. The van der Waals surface area contributed by atoms with Crippen LogP contribution in [0, 0.1) is 0 Å². The molecule has 1 fully saturated rings. The molecule has 0 saturated carbocycles. The van der Waals surface area contributed by atoms with Gasteiger partial charge in [-0.1, -0.05) is 6.07 Å². The van der Waals surface area contributed by atoms with Crippen molar-refractivity contribution in [3.05, 3.63) is 42.6 Å². The number of piperazine rings is 1. The molecular formula is C14H17N5O. The van der Waals surface area contributed by atoms with E-state index in [0.717, 1.165) is 37.7 Å². The van der Waals surface area contributed by atoms with Crippen LogP contribution in [0.15, 0.2) is 36.9 Å². The zero-order valence-corrected chi connectivity index (χ0v) is 11.2. The Hall–Kier alpha value is -2.37. The van der Waals surface area contributed by atoms with E-state index in [-0.39, 0.29) is 5.91 Å². The minimum Gasteiger partial charge on any atom is -0.353 e. The summed E-state index contributed by atoms with van der Waals surface area (Å²) in [6.45, 7) is 3.13. The van der Waals surface area contributed by atoms with Crippen LogP contribution in [0.1, 0.15) is 5.69 Å². The molecule has 0 spiro atoms. The van der Waals surface area contributed by atoms with Gasteiger partial charge in [0.05, 0.1) is 12.7 Å². The molecule has 0 unspecified atom stereocenters. The topological polar surface area (TPSA) is 65.1 Å². The van der Waals surface area contributed by atoms with E-state index in [4.69, 9.17) is 0 Å². The number of carbonyl (C=O) groups is 1. The summed E-state index contributed by atoms with van der Waals surface area (Å²) in [6.07, 6.45) is 5.48. The van der Waals surface area contributed by atoms with Crippen LogP contribution >= 0.6 is 0 Å². The second-order valence-corrected chi connectivity index (χ2v) is 4.81. The van der Waals surface area contributed by atoms with Crippen LogP contribution in [-0.2, 0) is 11.2 Å². The number of hydrogen-bond donors (Lipinski definition) is 1. The van der Waals surface area contributed by atoms with Crippen molar-refractivity contribution in [1.82, 2.24) is 19.9 Å². The Morgan fingerprint density at radius 1 is 1.25 bits per heavy atom. The fourth-order valence-corrected chi connectivity index (χ4v) is 2.38. The Kier molecular flexibility index (Phi) is 3.62. The van der Waals surface area contributed by atoms with Crippen molar-refractivity contribution in [3.8, 4) is 0 Å². The maximum atomic E-state index is 12.2. The van der Waals surface area contributed by atoms with E-state index in [2.05, 4.69) is 19.9 Å². The van der Waals surface area contributed by atoms with Gasteiger partial charge in [0.15, 0.2) is 0 Å². The van der Waals surface area contributed by atoms with Crippen molar-refractivity contribution in [3.63, 3.8) is 0 Å². The molecule has 104 valence electrons. The second-order valence-electron chi connectivity index (χ2n) is 4.81. The number of amides is 1. The first-order chi connectivity index (χ1) is 9.83. The molecule has 2 aromatic rings. The number of H-pyrrole nitrogens is 1. The van der Waals surface area contributed by atoms with Crippen LogP contribution in [0.2, 0.25) is 0 Å². The highest BCUT2D eigenvalue weighted by Gasteiger charge is 2.21. The Morgan fingerprint density at radius 2 is 2.10 bits per heavy atom. The van der Waals surface area contributed by atoms with Crippen molar-refractivity contribution >= 4 is 11.7 Å². The van der Waals surface area contributed by atoms with Crippen molar-refractivity contribution in [2.45, 2.75) is 6.42 Å². The van der Waals surface area contributed by atoms with E-state index in [1.165, 1.54) is 0 Å². The lowest BCUT2D eigenvalue weighted by Gasteiger charge is -2.35. The van der Waals surface area contributed by atoms with Crippen molar-refractivity contribution < 1.29 is 4.79 Å². The number of anilines is 1. The first-order valence-electron chi connectivity index (χ1n) is 6.74. The van der Waals surface area contributed by atoms with Gasteiger partial charge in [-0.25, -0.2) is 9.97 Å². The van der Waals surface area contributed by atoms with Crippen molar-refractivity contribution in [2.75, 3.05) is 31.1 Å². The van der Waals surface area contributed by atoms with Gasteiger partial charge < -0.3 is 14.8 Å². The first-order valence-corrected chi connectivity index (χ1v) is 6.74. The minimum absolute atomic E-state index is 0.148. The Morgan fingerprint density at radius 3 is 2.75 bits per heavy atom. The summed E-state index contributed by atoms with van der Waals surface area (Å²) in [5.74, 6) is 1.13. The number of aromatic amines is 1. The van der Waals surface area contributed by atoms with Gasteiger partial charge in [0, 0.05) is 44.3 Å². The lowest BCUT2D eigenvalue weighted by atomic mass is 10.2. The van der Waals surface area contributed by atoms with E-state index in [1.54, 1.807) is 18.7 Å². The van der Waals surface area contributed by atoms with Gasteiger partial charge >= 0.3 is 0 Å². The molecule has 0 aromatic carbocycles. The van der Waals surface area contributed by atoms with Gasteiger partial charge in [-0.05, 0) is 12.1 Å². The van der Waals surface area contributed by atoms with E-state index >= 15 is 0 Å². The fourth-order valence-electron chi connectivity index (χ4n) is 2.38. The number of hydrogen-bond acceptors (Lipinski definition) is 4. The van der Waals surface area contributed by atoms with Gasteiger partial charge in [-0.3, -0.25) is 4.79 Å². The molecule has 0 atom stereocenters. The van der Waals surface area contributed by atoms with E-state index in [0.29, 0.717) is 6.42 Å². The van der Waals surface area contributed by atoms with Crippen LogP contribution in [-0.4, -0.2) is 51.9 Å². The number of imidazole rings is 1. The largest absolute Gasteiger partial charge is 0.353 e. The molecule has 3 rings (SSSR count). The van der Waals surface area contributed by atoms with Crippen LogP contribution < -0.4 is 4.90 Å².